The summed E-state index contributed by atoms with van der Waals surface area (Å²) in [5.74, 6) is -1.33. The Bertz CT molecular complexity index is 813. The lowest BCUT2D eigenvalue weighted by Gasteiger charge is -2.36. The Kier molecular flexibility index (Phi) is 4.31. The zero-order chi connectivity index (χ0) is 17.4. The predicted octanol–water partition coefficient (Wildman–Crippen LogP) is 2.89. The van der Waals surface area contributed by atoms with Gasteiger partial charge in [0.2, 0.25) is 0 Å². The molecule has 1 aromatic heterocycles. The minimum absolute atomic E-state index is 0.195. The average Bonchev–Trinajstić information content (AvgIpc) is 2.86. The number of ether oxygens (including phenoxy) is 1. The van der Waals surface area contributed by atoms with E-state index in [0.717, 1.165) is 30.6 Å². The van der Waals surface area contributed by atoms with Crippen LogP contribution in [0.5, 0.6) is 0 Å². The van der Waals surface area contributed by atoms with Gasteiger partial charge >= 0.3 is 11.9 Å². The maximum Gasteiger partial charge on any atom is 0.318 e. The first kappa shape index (κ1) is 16.3. The third kappa shape index (κ3) is 2.85. The molecule has 2 atom stereocenters. The molecule has 0 bridgehead atoms. The van der Waals surface area contributed by atoms with Gasteiger partial charge in [0, 0.05) is 29.6 Å². The lowest BCUT2D eigenvalue weighted by molar-refractivity contribution is -0.198. The third-order valence-corrected chi connectivity index (χ3v) is 5.14. The predicted molar refractivity (Wildman–Crippen MR) is 91.5 cm³/mol. The molecule has 1 aromatic carbocycles. The molecule has 4 rings (SSSR count). The fourth-order valence-electron chi connectivity index (χ4n) is 3.94. The Morgan fingerprint density at radius 2 is 2.20 bits per heavy atom. The minimum Gasteiger partial charge on any atom is -0.393 e. The number of rotatable bonds is 2. The van der Waals surface area contributed by atoms with E-state index in [4.69, 9.17) is 9.57 Å². The lowest BCUT2D eigenvalue weighted by atomic mass is 9.87. The molecule has 25 heavy (non-hydrogen) atoms. The number of nitrogens with zero attached hydrogens (tertiary/aromatic N) is 1. The van der Waals surface area contributed by atoms with Crippen molar-refractivity contribution in [1.29, 1.82) is 0 Å². The van der Waals surface area contributed by atoms with E-state index in [-0.39, 0.29) is 12.5 Å². The second-order valence-electron chi connectivity index (χ2n) is 6.63. The van der Waals surface area contributed by atoms with Crippen molar-refractivity contribution in [2.24, 2.45) is 5.92 Å². The van der Waals surface area contributed by atoms with Crippen molar-refractivity contribution < 1.29 is 19.2 Å². The molecular formula is C19H22N2O4. The number of carbonyl (C=O) groups is 2. The zero-order valence-corrected chi connectivity index (χ0v) is 14.3. The van der Waals surface area contributed by atoms with Crippen molar-refractivity contribution in [3.8, 4) is 0 Å². The molecule has 0 unspecified atom stereocenters. The number of hydrogen-bond acceptors (Lipinski definition) is 5. The fraction of sp³-hybridized carbons (Fsp3) is 0.474. The summed E-state index contributed by atoms with van der Waals surface area (Å²) in [5, 5.41) is 3.09. The quantitative estimate of drug-likeness (QED) is 0.671. The summed E-state index contributed by atoms with van der Waals surface area (Å²) in [5.41, 5.74) is 3.32. The van der Waals surface area contributed by atoms with E-state index in [9.17, 15) is 9.59 Å². The van der Waals surface area contributed by atoms with Gasteiger partial charge in [0.15, 0.2) is 0 Å². The number of carbonyl (C=O) groups excluding carboxylic acids is 2. The van der Waals surface area contributed by atoms with Gasteiger partial charge in [-0.2, -0.15) is 5.06 Å². The minimum atomic E-state index is -0.477. The van der Waals surface area contributed by atoms with Crippen molar-refractivity contribution in [2.75, 3.05) is 13.2 Å². The smallest absolute Gasteiger partial charge is 0.318 e. The molecule has 0 spiro atoms. The number of aromatic nitrogens is 1. The number of hydroxylamine groups is 2. The molecule has 1 saturated heterocycles. The van der Waals surface area contributed by atoms with Crippen LogP contribution in [0.2, 0.25) is 0 Å². The highest BCUT2D eigenvalue weighted by molar-refractivity contribution is 5.88. The first-order valence-electron chi connectivity index (χ1n) is 8.92. The van der Waals surface area contributed by atoms with Gasteiger partial charge in [0.1, 0.15) is 0 Å². The van der Waals surface area contributed by atoms with Gasteiger partial charge in [-0.1, -0.05) is 25.1 Å². The zero-order valence-electron chi connectivity index (χ0n) is 14.3. The lowest BCUT2D eigenvalue weighted by Crippen LogP contribution is -2.41. The van der Waals surface area contributed by atoms with Crippen LogP contribution in [0, 0.1) is 5.92 Å². The Morgan fingerprint density at radius 3 is 3.04 bits per heavy atom. The van der Waals surface area contributed by atoms with Crippen LogP contribution in [0.3, 0.4) is 0 Å². The van der Waals surface area contributed by atoms with Crippen LogP contribution >= 0.6 is 0 Å². The van der Waals surface area contributed by atoms with Gasteiger partial charge in [0.05, 0.1) is 18.6 Å². The number of benzene rings is 1. The summed E-state index contributed by atoms with van der Waals surface area (Å²) in [6.45, 7) is 3.00. The first-order chi connectivity index (χ1) is 12.2. The van der Waals surface area contributed by atoms with Crippen molar-refractivity contribution in [3.63, 3.8) is 0 Å². The highest BCUT2D eigenvalue weighted by Crippen LogP contribution is 2.42. The summed E-state index contributed by atoms with van der Waals surface area (Å²) < 4.78 is 5.06. The van der Waals surface area contributed by atoms with E-state index < -0.39 is 17.9 Å². The van der Waals surface area contributed by atoms with Crippen molar-refractivity contribution in [2.45, 2.75) is 38.6 Å². The number of para-hydroxylation sites is 1. The Hall–Kier alpha value is -2.18. The molecule has 2 aliphatic heterocycles. The van der Waals surface area contributed by atoms with Crippen LogP contribution in [0.1, 0.15) is 43.5 Å². The van der Waals surface area contributed by atoms with Crippen LogP contribution < -0.4 is 0 Å². The van der Waals surface area contributed by atoms with Gasteiger partial charge < -0.3 is 9.72 Å². The SMILES string of the molecule is CCC(=O)OC(=O)[C@@H]1CCCON2CCc3c([nH]c4ccccc34)[C@H]12. The maximum absolute atomic E-state index is 12.7. The summed E-state index contributed by atoms with van der Waals surface area (Å²) in [6.07, 6.45) is 2.47. The fourth-order valence-corrected chi connectivity index (χ4v) is 3.94. The highest BCUT2D eigenvalue weighted by atomic mass is 16.7. The van der Waals surface area contributed by atoms with Crippen LogP contribution in [0.25, 0.3) is 10.9 Å². The second-order valence-corrected chi connectivity index (χ2v) is 6.63. The van der Waals surface area contributed by atoms with Gasteiger partial charge in [-0.3, -0.25) is 14.4 Å². The third-order valence-electron chi connectivity index (χ3n) is 5.14. The van der Waals surface area contributed by atoms with Crippen LogP contribution in [-0.4, -0.2) is 35.1 Å². The van der Waals surface area contributed by atoms with Crippen molar-refractivity contribution >= 4 is 22.8 Å². The summed E-state index contributed by atoms with van der Waals surface area (Å²) in [4.78, 5) is 33.6. The number of esters is 2. The van der Waals surface area contributed by atoms with Crippen molar-refractivity contribution in [1.82, 2.24) is 10.0 Å². The molecule has 0 aliphatic carbocycles. The molecule has 1 N–H and O–H groups in total. The molecule has 0 radical (unpaired) electrons. The van der Waals surface area contributed by atoms with E-state index in [1.807, 2.05) is 23.3 Å². The summed E-state index contributed by atoms with van der Waals surface area (Å²) in [7, 11) is 0. The van der Waals surface area contributed by atoms with E-state index in [1.165, 1.54) is 10.9 Å². The van der Waals surface area contributed by atoms with Crippen LogP contribution in [-0.2, 0) is 25.6 Å². The Morgan fingerprint density at radius 1 is 1.36 bits per heavy atom. The normalized spacial score (nSPS) is 23.6. The molecule has 6 nitrogen and oxygen atoms in total. The molecule has 3 heterocycles. The van der Waals surface area contributed by atoms with Crippen LogP contribution in [0.15, 0.2) is 24.3 Å². The molecular weight excluding hydrogens is 320 g/mol. The van der Waals surface area contributed by atoms with E-state index in [0.29, 0.717) is 13.0 Å². The Balaban J connectivity index is 1.75. The monoisotopic (exact) mass is 342 g/mol. The molecule has 2 aromatic rings. The standard InChI is InChI=1S/C19H22N2O4/c1-2-16(22)25-19(23)14-7-5-11-24-21-10-9-13-12-6-3-4-8-15(12)20-17(13)18(14)21/h3-4,6,8,14,18,20H,2,5,7,9-11H2,1H3/t14-,18+/m1/s1. The topological polar surface area (TPSA) is 71.6 Å². The van der Waals surface area contributed by atoms with Gasteiger partial charge in [0.25, 0.3) is 0 Å². The van der Waals surface area contributed by atoms with E-state index in [2.05, 4.69) is 11.1 Å². The molecule has 1 fully saturated rings. The number of H-pyrrole nitrogens is 1. The largest absolute Gasteiger partial charge is 0.393 e. The van der Waals surface area contributed by atoms with Gasteiger partial charge in [-0.15, -0.1) is 0 Å². The van der Waals surface area contributed by atoms with E-state index in [1.54, 1.807) is 6.92 Å². The Labute approximate surface area is 146 Å². The van der Waals surface area contributed by atoms with Gasteiger partial charge in [-0.05, 0) is 30.9 Å². The summed E-state index contributed by atoms with van der Waals surface area (Å²) in [6, 6.07) is 7.93. The molecule has 0 amide bonds. The maximum atomic E-state index is 12.7. The highest BCUT2D eigenvalue weighted by Gasteiger charge is 2.42. The van der Waals surface area contributed by atoms with Gasteiger partial charge in [-0.25, -0.2) is 0 Å². The van der Waals surface area contributed by atoms with Crippen LogP contribution in [0.4, 0.5) is 0 Å². The average molecular weight is 342 g/mol. The number of hydrogen-bond donors (Lipinski definition) is 1. The number of fused-ring (bicyclic) bond motifs is 5. The molecule has 2 aliphatic rings. The molecule has 0 saturated carbocycles. The summed E-state index contributed by atoms with van der Waals surface area (Å²) >= 11 is 0. The molecule has 132 valence electrons. The first-order valence-corrected chi connectivity index (χ1v) is 8.92. The van der Waals surface area contributed by atoms with Crippen molar-refractivity contribution in [3.05, 3.63) is 35.5 Å². The number of nitrogens with one attached hydrogen (secondary N) is 1. The second kappa shape index (κ2) is 6.61. The van der Waals surface area contributed by atoms with E-state index >= 15 is 0 Å². The number of aromatic amines is 1. The molecule has 6 heteroatoms.